The van der Waals surface area contributed by atoms with Gasteiger partial charge < -0.3 is 19.3 Å². The number of aliphatic hydroxyl groups is 1. The van der Waals surface area contributed by atoms with Gasteiger partial charge in [0, 0.05) is 17.8 Å². The van der Waals surface area contributed by atoms with Crippen LogP contribution in [0.15, 0.2) is 0 Å². The molecule has 0 aromatic heterocycles. The minimum absolute atomic E-state index is 0.00642. The van der Waals surface area contributed by atoms with E-state index in [0.29, 0.717) is 6.61 Å². The SMILES string of the molecule is CCOC(=O)C1C2CC3C(OC(=O)C31)C2OC(O)C(C)CC. The van der Waals surface area contributed by atoms with Gasteiger partial charge >= 0.3 is 11.9 Å². The highest BCUT2D eigenvalue weighted by atomic mass is 16.6. The van der Waals surface area contributed by atoms with Crippen LogP contribution in [-0.4, -0.2) is 42.1 Å². The van der Waals surface area contributed by atoms with Gasteiger partial charge in [-0.15, -0.1) is 0 Å². The fourth-order valence-corrected chi connectivity index (χ4v) is 4.23. The van der Waals surface area contributed by atoms with E-state index in [1.165, 1.54) is 0 Å². The molecule has 2 bridgehead atoms. The Balaban J connectivity index is 1.79. The number of hydrogen-bond donors (Lipinski definition) is 1. The second-order valence-electron chi connectivity index (χ2n) is 6.65. The highest BCUT2D eigenvalue weighted by Gasteiger charge is 2.69. The van der Waals surface area contributed by atoms with E-state index in [1.54, 1.807) is 6.92 Å². The first kappa shape index (κ1) is 15.7. The Labute approximate surface area is 130 Å². The molecule has 124 valence electrons. The van der Waals surface area contributed by atoms with Crippen LogP contribution in [0.5, 0.6) is 0 Å². The normalized spacial score (nSPS) is 41.4. The Kier molecular flexibility index (Phi) is 4.16. The molecule has 1 saturated heterocycles. The molecule has 1 heterocycles. The third kappa shape index (κ3) is 2.24. The summed E-state index contributed by atoms with van der Waals surface area (Å²) < 4.78 is 16.4. The van der Waals surface area contributed by atoms with Gasteiger partial charge in [0.1, 0.15) is 12.2 Å². The van der Waals surface area contributed by atoms with E-state index in [-0.39, 0.29) is 35.8 Å². The Hall–Kier alpha value is -1.14. The van der Waals surface area contributed by atoms with Gasteiger partial charge in [0.15, 0.2) is 6.29 Å². The Bertz CT molecular complexity index is 464. The van der Waals surface area contributed by atoms with Crippen molar-refractivity contribution in [3.05, 3.63) is 0 Å². The number of esters is 2. The van der Waals surface area contributed by atoms with Crippen molar-refractivity contribution < 1.29 is 28.9 Å². The molecule has 0 aromatic carbocycles. The highest BCUT2D eigenvalue weighted by molar-refractivity contribution is 5.86. The topological polar surface area (TPSA) is 82.1 Å². The molecule has 3 rings (SSSR count). The molecular weight excluding hydrogens is 288 g/mol. The summed E-state index contributed by atoms with van der Waals surface area (Å²) in [5, 5.41) is 10.1. The smallest absolute Gasteiger partial charge is 0.310 e. The van der Waals surface area contributed by atoms with Crippen LogP contribution in [0.4, 0.5) is 0 Å². The fourth-order valence-electron chi connectivity index (χ4n) is 4.23. The zero-order valence-corrected chi connectivity index (χ0v) is 13.2. The molecule has 6 nitrogen and oxygen atoms in total. The van der Waals surface area contributed by atoms with Crippen molar-refractivity contribution in [3.63, 3.8) is 0 Å². The van der Waals surface area contributed by atoms with E-state index < -0.39 is 24.2 Å². The highest BCUT2D eigenvalue weighted by Crippen LogP contribution is 2.59. The van der Waals surface area contributed by atoms with Crippen LogP contribution in [-0.2, 0) is 23.8 Å². The number of fused-ring (bicyclic) bond motifs is 1. The lowest BCUT2D eigenvalue weighted by Crippen LogP contribution is -2.45. The summed E-state index contributed by atoms with van der Waals surface area (Å²) in [6, 6.07) is 0. The molecular formula is C16H24O6. The number of carbonyl (C=O) groups is 2. The number of hydrogen-bond acceptors (Lipinski definition) is 6. The van der Waals surface area contributed by atoms with Crippen LogP contribution in [0.1, 0.15) is 33.6 Å². The van der Waals surface area contributed by atoms with Gasteiger partial charge in [-0.05, 0) is 19.8 Å². The summed E-state index contributed by atoms with van der Waals surface area (Å²) in [6.45, 7) is 5.93. The average molecular weight is 312 g/mol. The van der Waals surface area contributed by atoms with E-state index in [4.69, 9.17) is 14.2 Å². The maximum absolute atomic E-state index is 12.2. The lowest BCUT2D eigenvalue weighted by molar-refractivity contribution is -0.201. The predicted octanol–water partition coefficient (Wildman–Crippen LogP) is 1.11. The van der Waals surface area contributed by atoms with Gasteiger partial charge in [0.2, 0.25) is 0 Å². The summed E-state index contributed by atoms with van der Waals surface area (Å²) in [4.78, 5) is 24.3. The molecule has 3 fully saturated rings. The number of rotatable bonds is 6. The minimum atomic E-state index is -0.907. The first-order valence-electron chi connectivity index (χ1n) is 8.20. The number of ether oxygens (including phenoxy) is 3. The maximum atomic E-state index is 12.2. The molecule has 2 aliphatic carbocycles. The first-order valence-corrected chi connectivity index (χ1v) is 8.20. The van der Waals surface area contributed by atoms with Crippen LogP contribution in [0.25, 0.3) is 0 Å². The molecule has 1 N–H and O–H groups in total. The van der Waals surface area contributed by atoms with Crippen molar-refractivity contribution in [2.24, 2.45) is 29.6 Å². The lowest BCUT2D eigenvalue weighted by Gasteiger charge is -2.33. The summed E-state index contributed by atoms with van der Waals surface area (Å²) >= 11 is 0. The van der Waals surface area contributed by atoms with E-state index in [1.807, 2.05) is 13.8 Å². The van der Waals surface area contributed by atoms with Gasteiger partial charge in [-0.2, -0.15) is 0 Å². The molecule has 1 aliphatic heterocycles. The predicted molar refractivity (Wildman–Crippen MR) is 75.4 cm³/mol. The van der Waals surface area contributed by atoms with Crippen molar-refractivity contribution in [3.8, 4) is 0 Å². The summed E-state index contributed by atoms with van der Waals surface area (Å²) in [5.74, 6) is -1.65. The van der Waals surface area contributed by atoms with Crippen LogP contribution in [0, 0.1) is 29.6 Å². The van der Waals surface area contributed by atoms with Gasteiger partial charge in [0.05, 0.1) is 18.4 Å². The standard InChI is InChI=1S/C16H24O6/c1-4-7(3)14(17)21-12-8-6-9-11(16(19)22-13(9)12)10(8)15(18)20-5-2/h7-14,17H,4-6H2,1-3H3. The van der Waals surface area contributed by atoms with Crippen LogP contribution < -0.4 is 0 Å². The molecule has 0 aromatic rings. The molecule has 0 spiro atoms. The summed E-state index contributed by atoms with van der Waals surface area (Å²) in [5.41, 5.74) is 0. The number of carbonyl (C=O) groups excluding carboxylic acids is 2. The molecule has 3 aliphatic rings. The zero-order valence-electron chi connectivity index (χ0n) is 13.2. The lowest BCUT2D eigenvalue weighted by atomic mass is 9.78. The van der Waals surface area contributed by atoms with E-state index in [2.05, 4.69) is 0 Å². The second-order valence-corrected chi connectivity index (χ2v) is 6.65. The Morgan fingerprint density at radius 3 is 2.77 bits per heavy atom. The van der Waals surface area contributed by atoms with Crippen LogP contribution in [0.3, 0.4) is 0 Å². The van der Waals surface area contributed by atoms with E-state index >= 15 is 0 Å². The maximum Gasteiger partial charge on any atom is 0.310 e. The summed E-state index contributed by atoms with van der Waals surface area (Å²) in [6.07, 6.45) is -0.133. The molecule has 8 atom stereocenters. The van der Waals surface area contributed by atoms with Crippen molar-refractivity contribution >= 4 is 11.9 Å². The number of aliphatic hydroxyl groups excluding tert-OH is 1. The third-order valence-corrected chi connectivity index (χ3v) is 5.53. The molecule has 2 saturated carbocycles. The molecule has 8 unspecified atom stereocenters. The van der Waals surface area contributed by atoms with Gasteiger partial charge in [-0.25, -0.2) is 0 Å². The Morgan fingerprint density at radius 1 is 1.41 bits per heavy atom. The van der Waals surface area contributed by atoms with E-state index in [0.717, 1.165) is 12.8 Å². The zero-order chi connectivity index (χ0) is 16.0. The van der Waals surface area contributed by atoms with Crippen molar-refractivity contribution in [2.75, 3.05) is 6.61 Å². The molecule has 6 heteroatoms. The molecule has 0 amide bonds. The van der Waals surface area contributed by atoms with Crippen molar-refractivity contribution in [1.82, 2.24) is 0 Å². The third-order valence-electron chi connectivity index (χ3n) is 5.53. The van der Waals surface area contributed by atoms with Crippen molar-refractivity contribution in [2.45, 2.75) is 52.1 Å². The Morgan fingerprint density at radius 2 is 2.14 bits per heavy atom. The second kappa shape index (κ2) is 5.81. The van der Waals surface area contributed by atoms with Gasteiger partial charge in [0.25, 0.3) is 0 Å². The van der Waals surface area contributed by atoms with Gasteiger partial charge in [-0.3, -0.25) is 9.59 Å². The first-order chi connectivity index (χ1) is 10.5. The van der Waals surface area contributed by atoms with Crippen molar-refractivity contribution in [1.29, 1.82) is 0 Å². The molecule has 22 heavy (non-hydrogen) atoms. The largest absolute Gasteiger partial charge is 0.466 e. The average Bonchev–Trinajstić information content (AvgIpc) is 3.09. The quantitative estimate of drug-likeness (QED) is 0.584. The summed E-state index contributed by atoms with van der Waals surface area (Å²) in [7, 11) is 0. The monoisotopic (exact) mass is 312 g/mol. The minimum Gasteiger partial charge on any atom is -0.466 e. The molecule has 0 radical (unpaired) electrons. The van der Waals surface area contributed by atoms with Crippen LogP contribution in [0.2, 0.25) is 0 Å². The fraction of sp³-hybridized carbons (Fsp3) is 0.875. The van der Waals surface area contributed by atoms with Crippen LogP contribution >= 0.6 is 0 Å². The van der Waals surface area contributed by atoms with Gasteiger partial charge in [-0.1, -0.05) is 13.8 Å². The van der Waals surface area contributed by atoms with E-state index in [9.17, 15) is 14.7 Å².